The van der Waals surface area contributed by atoms with Gasteiger partial charge in [-0.25, -0.2) is 13.4 Å². The number of pyridine rings is 1. The van der Waals surface area contributed by atoms with Crippen molar-refractivity contribution in [2.24, 2.45) is 7.05 Å². The number of aryl methyl sites for hydroxylation is 1. The van der Waals surface area contributed by atoms with Gasteiger partial charge in [0.25, 0.3) is 5.91 Å². The summed E-state index contributed by atoms with van der Waals surface area (Å²) in [7, 11) is -1.68. The summed E-state index contributed by atoms with van der Waals surface area (Å²) in [4.78, 5) is 22.4. The molecule has 0 bridgehead atoms. The van der Waals surface area contributed by atoms with Crippen LogP contribution < -0.4 is 10.0 Å². The van der Waals surface area contributed by atoms with Gasteiger partial charge in [0.1, 0.15) is 5.82 Å². The fourth-order valence-electron chi connectivity index (χ4n) is 3.87. The number of carbonyl (C=O) groups is 1. The lowest BCUT2D eigenvalue weighted by molar-refractivity contribution is 0.0941. The zero-order valence-corrected chi connectivity index (χ0v) is 20.1. The van der Waals surface area contributed by atoms with Gasteiger partial charge in [-0.1, -0.05) is 36.4 Å². The van der Waals surface area contributed by atoms with Gasteiger partial charge in [-0.15, -0.1) is 0 Å². The first kappa shape index (κ1) is 23.4. The number of benzene rings is 2. The van der Waals surface area contributed by atoms with Gasteiger partial charge in [0, 0.05) is 37.0 Å². The van der Waals surface area contributed by atoms with Crippen LogP contribution in [-0.4, -0.2) is 40.7 Å². The Bertz CT molecular complexity index is 1420. The summed E-state index contributed by atoms with van der Waals surface area (Å²) in [5.74, 6) is 0.292. The SMILES string of the molecule is CCS(=O)(=O)Nc1cc(C(=O)NC(C)Cc2ccccn2)c2c(c1)nc(-c1ccccc1)n2C. The van der Waals surface area contributed by atoms with Gasteiger partial charge < -0.3 is 9.88 Å². The summed E-state index contributed by atoms with van der Waals surface area (Å²) < 4.78 is 28.8. The summed E-state index contributed by atoms with van der Waals surface area (Å²) in [5, 5.41) is 3.02. The molecule has 0 saturated carbocycles. The van der Waals surface area contributed by atoms with Crippen LogP contribution in [0.15, 0.2) is 66.9 Å². The molecule has 0 radical (unpaired) electrons. The molecule has 176 valence electrons. The van der Waals surface area contributed by atoms with Crippen molar-refractivity contribution >= 4 is 32.7 Å². The molecule has 4 aromatic rings. The third-order valence-corrected chi connectivity index (χ3v) is 6.83. The molecule has 0 aliphatic rings. The van der Waals surface area contributed by atoms with Crippen LogP contribution in [0.2, 0.25) is 0 Å². The Balaban J connectivity index is 1.76. The smallest absolute Gasteiger partial charge is 0.253 e. The van der Waals surface area contributed by atoms with Crippen molar-refractivity contribution < 1.29 is 13.2 Å². The van der Waals surface area contributed by atoms with E-state index in [1.165, 1.54) is 0 Å². The number of aromatic nitrogens is 3. The van der Waals surface area contributed by atoms with Crippen LogP contribution in [0.3, 0.4) is 0 Å². The number of imidazole rings is 1. The second kappa shape index (κ2) is 9.64. The highest BCUT2D eigenvalue weighted by molar-refractivity contribution is 7.92. The fraction of sp³-hybridized carbons (Fsp3) is 0.240. The van der Waals surface area contributed by atoms with Crippen LogP contribution in [-0.2, 0) is 23.5 Å². The predicted molar refractivity (Wildman–Crippen MR) is 134 cm³/mol. The molecule has 0 aliphatic heterocycles. The molecule has 1 amide bonds. The van der Waals surface area contributed by atoms with Crippen LogP contribution >= 0.6 is 0 Å². The molecule has 2 N–H and O–H groups in total. The minimum absolute atomic E-state index is 0.0782. The molecule has 0 aliphatic carbocycles. The number of rotatable bonds is 8. The largest absolute Gasteiger partial charge is 0.349 e. The van der Waals surface area contributed by atoms with Crippen molar-refractivity contribution in [1.29, 1.82) is 0 Å². The molecule has 0 fully saturated rings. The van der Waals surface area contributed by atoms with Crippen molar-refractivity contribution in [2.45, 2.75) is 26.3 Å². The van der Waals surface area contributed by atoms with Gasteiger partial charge in [0.2, 0.25) is 10.0 Å². The lowest BCUT2D eigenvalue weighted by atomic mass is 10.1. The Labute approximate surface area is 199 Å². The molecule has 2 aromatic carbocycles. The summed E-state index contributed by atoms with van der Waals surface area (Å²) in [6.07, 6.45) is 2.29. The Morgan fingerprint density at radius 3 is 2.50 bits per heavy atom. The maximum atomic E-state index is 13.4. The van der Waals surface area contributed by atoms with Crippen molar-refractivity contribution in [1.82, 2.24) is 19.9 Å². The first-order valence-electron chi connectivity index (χ1n) is 11.0. The quantitative estimate of drug-likeness (QED) is 0.402. The Morgan fingerprint density at radius 2 is 1.82 bits per heavy atom. The molecule has 1 atom stereocenters. The van der Waals surface area contributed by atoms with E-state index in [1.54, 1.807) is 25.3 Å². The molecular formula is C25H27N5O3S. The predicted octanol–water partition coefficient (Wildman–Crippen LogP) is 3.76. The summed E-state index contributed by atoms with van der Waals surface area (Å²) in [5.41, 5.74) is 3.57. The van der Waals surface area contributed by atoms with E-state index in [2.05, 4.69) is 15.0 Å². The van der Waals surface area contributed by atoms with Crippen molar-refractivity contribution in [3.05, 3.63) is 78.1 Å². The lowest BCUT2D eigenvalue weighted by Gasteiger charge is -2.16. The molecule has 2 aromatic heterocycles. The maximum Gasteiger partial charge on any atom is 0.253 e. The highest BCUT2D eigenvalue weighted by Crippen LogP contribution is 2.29. The lowest BCUT2D eigenvalue weighted by Crippen LogP contribution is -2.34. The van der Waals surface area contributed by atoms with Crippen LogP contribution in [0.25, 0.3) is 22.4 Å². The Kier molecular flexibility index (Phi) is 6.65. The first-order valence-corrected chi connectivity index (χ1v) is 12.7. The number of fused-ring (bicyclic) bond motifs is 1. The monoisotopic (exact) mass is 477 g/mol. The number of carbonyl (C=O) groups excluding carboxylic acids is 1. The van der Waals surface area contributed by atoms with Crippen LogP contribution in [0.4, 0.5) is 5.69 Å². The van der Waals surface area contributed by atoms with Gasteiger partial charge >= 0.3 is 0 Å². The number of hydrogen-bond donors (Lipinski definition) is 2. The van der Waals surface area contributed by atoms with Crippen LogP contribution in [0, 0.1) is 0 Å². The summed E-state index contributed by atoms with van der Waals surface area (Å²) >= 11 is 0. The van der Waals surface area contributed by atoms with E-state index in [0.717, 1.165) is 11.3 Å². The topological polar surface area (TPSA) is 106 Å². The highest BCUT2D eigenvalue weighted by Gasteiger charge is 2.21. The van der Waals surface area contributed by atoms with Crippen molar-refractivity contribution in [2.75, 3.05) is 10.5 Å². The number of nitrogens with one attached hydrogen (secondary N) is 2. The van der Waals surface area contributed by atoms with Gasteiger partial charge in [-0.05, 0) is 38.1 Å². The number of nitrogens with zero attached hydrogens (tertiary/aromatic N) is 3. The molecule has 2 heterocycles. The van der Waals surface area contributed by atoms with E-state index in [0.29, 0.717) is 34.5 Å². The summed E-state index contributed by atoms with van der Waals surface area (Å²) in [6.45, 7) is 3.47. The van der Waals surface area contributed by atoms with E-state index in [4.69, 9.17) is 4.98 Å². The molecule has 1 unspecified atom stereocenters. The molecular weight excluding hydrogens is 450 g/mol. The minimum Gasteiger partial charge on any atom is -0.349 e. The second-order valence-electron chi connectivity index (χ2n) is 8.16. The van der Waals surface area contributed by atoms with Gasteiger partial charge in [-0.2, -0.15) is 0 Å². The van der Waals surface area contributed by atoms with Crippen molar-refractivity contribution in [3.8, 4) is 11.4 Å². The van der Waals surface area contributed by atoms with E-state index < -0.39 is 10.0 Å². The van der Waals surface area contributed by atoms with E-state index in [-0.39, 0.29) is 17.7 Å². The Hall–Kier alpha value is -3.72. The minimum atomic E-state index is -3.53. The normalized spacial score (nSPS) is 12.4. The molecule has 4 rings (SSSR count). The van der Waals surface area contributed by atoms with E-state index in [9.17, 15) is 13.2 Å². The fourth-order valence-corrected chi connectivity index (χ4v) is 4.49. The average molecular weight is 478 g/mol. The number of amides is 1. The van der Waals surface area contributed by atoms with Crippen LogP contribution in [0.1, 0.15) is 29.9 Å². The molecule has 9 heteroatoms. The third-order valence-electron chi connectivity index (χ3n) is 5.52. The van der Waals surface area contributed by atoms with Gasteiger partial charge in [-0.3, -0.25) is 14.5 Å². The highest BCUT2D eigenvalue weighted by atomic mass is 32.2. The molecule has 0 saturated heterocycles. The average Bonchev–Trinajstić information content (AvgIpc) is 3.15. The standard InChI is InChI=1S/C25H27N5O3S/c1-4-34(32,33)29-20-15-21(25(31)27-17(2)14-19-12-8-9-13-26-19)23-22(16-20)28-24(30(23)3)18-10-6-5-7-11-18/h5-13,15-17,29H,4,14H2,1-3H3,(H,27,31). The number of hydrogen-bond acceptors (Lipinski definition) is 5. The number of anilines is 1. The third kappa shape index (κ3) is 5.09. The van der Waals surface area contributed by atoms with Gasteiger partial charge in [0.05, 0.1) is 28.0 Å². The van der Waals surface area contributed by atoms with Crippen LogP contribution in [0.5, 0.6) is 0 Å². The maximum absolute atomic E-state index is 13.4. The van der Waals surface area contributed by atoms with E-state index in [1.807, 2.05) is 67.1 Å². The Morgan fingerprint density at radius 1 is 1.09 bits per heavy atom. The number of sulfonamides is 1. The first-order chi connectivity index (χ1) is 16.3. The van der Waals surface area contributed by atoms with E-state index >= 15 is 0 Å². The zero-order chi connectivity index (χ0) is 24.3. The van der Waals surface area contributed by atoms with Gasteiger partial charge in [0.15, 0.2) is 0 Å². The summed E-state index contributed by atoms with van der Waals surface area (Å²) in [6, 6.07) is 18.3. The zero-order valence-electron chi connectivity index (χ0n) is 19.3. The molecule has 8 nitrogen and oxygen atoms in total. The molecule has 0 spiro atoms. The second-order valence-corrected chi connectivity index (χ2v) is 10.2. The molecule has 34 heavy (non-hydrogen) atoms. The van der Waals surface area contributed by atoms with Crippen molar-refractivity contribution in [3.63, 3.8) is 0 Å².